The van der Waals surface area contributed by atoms with Gasteiger partial charge in [-0.2, -0.15) is 0 Å². The van der Waals surface area contributed by atoms with E-state index < -0.39 is 0 Å². The monoisotopic (exact) mass is 190 g/mol. The van der Waals surface area contributed by atoms with Crippen LogP contribution in [0.1, 0.15) is 10.4 Å². The first kappa shape index (κ1) is 6.30. The number of rotatable bonds is 1. The van der Waals surface area contributed by atoms with Crippen molar-refractivity contribution >= 4 is 27.3 Å². The highest BCUT2D eigenvalue weighted by atomic mass is 79.9. The van der Waals surface area contributed by atoms with Gasteiger partial charge < -0.3 is 0 Å². The Balaban J connectivity index is 2.92. The van der Waals surface area contributed by atoms with Crippen molar-refractivity contribution in [1.82, 2.24) is 0 Å². The molecule has 1 rings (SSSR count). The van der Waals surface area contributed by atoms with Crippen molar-refractivity contribution in [2.24, 2.45) is 0 Å². The quantitative estimate of drug-likeness (QED) is 0.598. The molecule has 0 amide bonds. The Morgan fingerprint density at radius 2 is 2.50 bits per heavy atom. The van der Waals surface area contributed by atoms with Gasteiger partial charge in [-0.3, -0.25) is 0 Å². The van der Waals surface area contributed by atoms with Crippen molar-refractivity contribution in [2.45, 2.75) is 12.3 Å². The van der Waals surface area contributed by atoms with Crippen LogP contribution in [0.4, 0.5) is 0 Å². The molecule has 0 spiro atoms. The minimum absolute atomic E-state index is 0.997. The van der Waals surface area contributed by atoms with Crippen LogP contribution < -0.4 is 0 Å². The third-order valence-electron chi connectivity index (χ3n) is 1.09. The summed E-state index contributed by atoms with van der Waals surface area (Å²) in [6.07, 6.45) is 0. The van der Waals surface area contributed by atoms with Crippen molar-refractivity contribution in [3.63, 3.8) is 0 Å². The van der Waals surface area contributed by atoms with Gasteiger partial charge in [0, 0.05) is 10.2 Å². The molecule has 8 heavy (non-hydrogen) atoms. The van der Waals surface area contributed by atoms with Crippen LogP contribution in [-0.2, 0) is 5.33 Å². The van der Waals surface area contributed by atoms with E-state index in [9.17, 15) is 0 Å². The van der Waals surface area contributed by atoms with E-state index in [0.29, 0.717) is 0 Å². The predicted molar refractivity (Wildman–Crippen MR) is 41.7 cm³/mol. The fraction of sp³-hybridized carbons (Fsp3) is 0.333. The minimum atomic E-state index is 0.997. The van der Waals surface area contributed by atoms with E-state index in [1.54, 1.807) is 11.3 Å². The summed E-state index contributed by atoms with van der Waals surface area (Å²) in [7, 11) is 0. The molecule has 0 aliphatic carbocycles. The number of hydrogen-bond acceptors (Lipinski definition) is 1. The van der Waals surface area contributed by atoms with E-state index in [-0.39, 0.29) is 0 Å². The second-order valence-electron chi connectivity index (χ2n) is 1.66. The summed E-state index contributed by atoms with van der Waals surface area (Å²) in [6.45, 7) is 2.13. The van der Waals surface area contributed by atoms with Gasteiger partial charge in [-0.25, -0.2) is 0 Å². The van der Waals surface area contributed by atoms with Gasteiger partial charge in [0.15, 0.2) is 0 Å². The number of alkyl halides is 1. The Bertz CT molecular complexity index is 169. The zero-order valence-corrected chi connectivity index (χ0v) is 7.05. The van der Waals surface area contributed by atoms with Gasteiger partial charge in [0.2, 0.25) is 0 Å². The lowest BCUT2D eigenvalue weighted by molar-refractivity contribution is 1.42. The molecule has 1 aromatic heterocycles. The van der Waals surface area contributed by atoms with Crippen LogP contribution in [0.2, 0.25) is 0 Å². The second kappa shape index (κ2) is 2.65. The summed E-state index contributed by atoms with van der Waals surface area (Å²) >= 11 is 5.20. The van der Waals surface area contributed by atoms with E-state index in [1.807, 2.05) is 0 Å². The van der Waals surface area contributed by atoms with Crippen LogP contribution >= 0.6 is 27.3 Å². The van der Waals surface area contributed by atoms with Crippen molar-refractivity contribution in [1.29, 1.82) is 0 Å². The lowest BCUT2D eigenvalue weighted by Gasteiger charge is -1.86. The van der Waals surface area contributed by atoms with Crippen molar-refractivity contribution in [3.05, 3.63) is 21.9 Å². The molecule has 1 heterocycles. The van der Waals surface area contributed by atoms with Gasteiger partial charge in [0.1, 0.15) is 0 Å². The zero-order valence-electron chi connectivity index (χ0n) is 4.65. The average Bonchev–Trinajstić information content (AvgIpc) is 2.14. The van der Waals surface area contributed by atoms with E-state index in [1.165, 1.54) is 10.4 Å². The lowest BCUT2D eigenvalue weighted by atomic mass is 10.3. The molecule has 0 fully saturated rings. The van der Waals surface area contributed by atoms with Crippen LogP contribution in [0.5, 0.6) is 0 Å². The fourth-order valence-electron chi connectivity index (χ4n) is 0.541. The molecule has 0 aromatic carbocycles. The van der Waals surface area contributed by atoms with Gasteiger partial charge in [0.25, 0.3) is 0 Å². The first-order chi connectivity index (χ1) is 3.84. The molecule has 0 radical (unpaired) electrons. The van der Waals surface area contributed by atoms with Gasteiger partial charge in [-0.05, 0) is 23.9 Å². The molecule has 0 nitrogen and oxygen atoms in total. The standard InChI is InChI=1S/C6H7BrS/c1-5-2-3-8-6(5)4-7/h2-3H,4H2,1H3. The molecular weight excluding hydrogens is 184 g/mol. The average molecular weight is 191 g/mol. The first-order valence-electron chi connectivity index (χ1n) is 2.43. The summed E-state index contributed by atoms with van der Waals surface area (Å²) in [5, 5.41) is 3.11. The van der Waals surface area contributed by atoms with Gasteiger partial charge in [0.05, 0.1) is 0 Å². The van der Waals surface area contributed by atoms with Gasteiger partial charge >= 0.3 is 0 Å². The molecule has 0 aliphatic heterocycles. The van der Waals surface area contributed by atoms with Gasteiger partial charge in [-0.15, -0.1) is 11.3 Å². The number of halogens is 1. The summed E-state index contributed by atoms with van der Waals surface area (Å²) < 4.78 is 0. The Labute approximate surface area is 61.7 Å². The predicted octanol–water partition coefficient (Wildman–Crippen LogP) is 2.95. The maximum absolute atomic E-state index is 3.40. The van der Waals surface area contributed by atoms with Crippen LogP contribution in [0.25, 0.3) is 0 Å². The van der Waals surface area contributed by atoms with E-state index in [2.05, 4.69) is 34.3 Å². The summed E-state index contributed by atoms with van der Waals surface area (Å²) in [5.41, 5.74) is 1.40. The molecule has 1 aromatic rings. The van der Waals surface area contributed by atoms with Crippen LogP contribution in [0.15, 0.2) is 11.4 Å². The maximum Gasteiger partial charge on any atom is 0.0379 e. The molecule has 44 valence electrons. The molecule has 0 unspecified atom stereocenters. The lowest BCUT2D eigenvalue weighted by Crippen LogP contribution is -1.69. The summed E-state index contributed by atoms with van der Waals surface area (Å²) in [4.78, 5) is 1.44. The maximum atomic E-state index is 3.40. The minimum Gasteiger partial charge on any atom is -0.148 e. The molecular formula is C6H7BrS. The molecule has 0 aliphatic rings. The normalized spacial score (nSPS) is 9.75. The molecule has 0 saturated carbocycles. The van der Waals surface area contributed by atoms with Crippen LogP contribution in [-0.4, -0.2) is 0 Å². The topological polar surface area (TPSA) is 0 Å². The molecule has 0 atom stereocenters. The smallest absolute Gasteiger partial charge is 0.0379 e. The van der Waals surface area contributed by atoms with Crippen LogP contribution in [0.3, 0.4) is 0 Å². The third-order valence-corrected chi connectivity index (χ3v) is 3.04. The van der Waals surface area contributed by atoms with E-state index in [0.717, 1.165) is 5.33 Å². The third kappa shape index (κ3) is 1.12. The van der Waals surface area contributed by atoms with E-state index >= 15 is 0 Å². The van der Waals surface area contributed by atoms with Crippen molar-refractivity contribution in [3.8, 4) is 0 Å². The summed E-state index contributed by atoms with van der Waals surface area (Å²) in [6, 6.07) is 2.14. The second-order valence-corrected chi connectivity index (χ2v) is 3.22. The number of hydrogen-bond donors (Lipinski definition) is 0. The highest BCUT2D eigenvalue weighted by Gasteiger charge is 1.93. The molecule has 0 saturated heterocycles. The first-order valence-corrected chi connectivity index (χ1v) is 4.43. The fourth-order valence-corrected chi connectivity index (χ4v) is 2.13. The Kier molecular flexibility index (Phi) is 2.08. The van der Waals surface area contributed by atoms with Gasteiger partial charge in [-0.1, -0.05) is 15.9 Å². The molecule has 0 N–H and O–H groups in total. The van der Waals surface area contributed by atoms with E-state index in [4.69, 9.17) is 0 Å². The largest absolute Gasteiger partial charge is 0.148 e. The molecule has 2 heteroatoms. The number of aryl methyl sites for hydroxylation is 1. The Hall–Kier alpha value is 0.180. The summed E-state index contributed by atoms with van der Waals surface area (Å²) in [5.74, 6) is 0. The molecule has 0 bridgehead atoms. The highest BCUT2D eigenvalue weighted by Crippen LogP contribution is 2.17. The number of thiophene rings is 1. The Morgan fingerprint density at radius 3 is 2.75 bits per heavy atom. The van der Waals surface area contributed by atoms with Crippen LogP contribution in [0, 0.1) is 6.92 Å². The SMILES string of the molecule is Cc1ccsc1CBr. The van der Waals surface area contributed by atoms with Crippen molar-refractivity contribution in [2.75, 3.05) is 0 Å². The van der Waals surface area contributed by atoms with Crippen molar-refractivity contribution < 1.29 is 0 Å². The zero-order chi connectivity index (χ0) is 5.98. The highest BCUT2D eigenvalue weighted by molar-refractivity contribution is 9.08. The Morgan fingerprint density at radius 1 is 1.75 bits per heavy atom.